The first-order valence-electron chi connectivity index (χ1n) is 8.46. The molecule has 0 atom stereocenters. The van der Waals surface area contributed by atoms with Crippen molar-refractivity contribution in [1.29, 1.82) is 5.26 Å². The maximum Gasteiger partial charge on any atom is 0.289 e. The van der Waals surface area contributed by atoms with E-state index in [0.717, 1.165) is 28.3 Å². The van der Waals surface area contributed by atoms with Crippen molar-refractivity contribution in [2.75, 3.05) is 0 Å². The lowest BCUT2D eigenvalue weighted by molar-refractivity contribution is 0.0944. The second-order valence-electron chi connectivity index (χ2n) is 6.45. The Morgan fingerprint density at radius 2 is 1.78 bits per heavy atom. The summed E-state index contributed by atoms with van der Waals surface area (Å²) in [5, 5.41) is 14.4. The fourth-order valence-corrected chi connectivity index (χ4v) is 3.29. The molecule has 0 unspecified atom stereocenters. The fourth-order valence-electron chi connectivity index (χ4n) is 3.17. The lowest BCUT2D eigenvalue weighted by atomic mass is 10.1. The highest BCUT2D eigenvalue weighted by atomic mass is 35.5. The molecule has 3 aromatic rings. The van der Waals surface area contributed by atoms with Crippen molar-refractivity contribution in [2.24, 2.45) is 0 Å². The van der Waals surface area contributed by atoms with Gasteiger partial charge < -0.3 is 4.57 Å². The van der Waals surface area contributed by atoms with Crippen LogP contribution in [-0.4, -0.2) is 20.3 Å². The van der Waals surface area contributed by atoms with Gasteiger partial charge in [0, 0.05) is 27.8 Å². The second-order valence-corrected chi connectivity index (χ2v) is 6.89. The molecule has 0 fully saturated rings. The van der Waals surface area contributed by atoms with E-state index >= 15 is 0 Å². The molecule has 6 heteroatoms. The lowest BCUT2D eigenvalue weighted by Crippen LogP contribution is -2.15. The van der Waals surface area contributed by atoms with Gasteiger partial charge in [0.2, 0.25) is 0 Å². The standard InChI is InChI=1S/C21H19ClN4O/c1-13-9-15(3)26(24-13)21(27)18(12-23)11-17-10-14(2)25(16(17)4)20-7-5-19(22)6-8-20/h5-11H,1-4H3/b18-11+. The van der Waals surface area contributed by atoms with Crippen LogP contribution >= 0.6 is 11.6 Å². The van der Waals surface area contributed by atoms with Gasteiger partial charge in [0.1, 0.15) is 11.6 Å². The van der Waals surface area contributed by atoms with Crippen LogP contribution in [0.5, 0.6) is 0 Å². The summed E-state index contributed by atoms with van der Waals surface area (Å²) >= 11 is 5.98. The zero-order valence-electron chi connectivity index (χ0n) is 15.6. The summed E-state index contributed by atoms with van der Waals surface area (Å²) in [5.41, 5.74) is 5.19. The molecule has 0 N–H and O–H groups in total. The van der Waals surface area contributed by atoms with Crippen LogP contribution in [-0.2, 0) is 0 Å². The first kappa shape index (κ1) is 18.7. The average Bonchev–Trinajstić information content (AvgIpc) is 3.11. The summed E-state index contributed by atoms with van der Waals surface area (Å²) < 4.78 is 3.33. The monoisotopic (exact) mass is 378 g/mol. The van der Waals surface area contributed by atoms with Crippen LogP contribution in [0, 0.1) is 39.0 Å². The molecule has 0 spiro atoms. The van der Waals surface area contributed by atoms with Crippen LogP contribution in [0.15, 0.2) is 42.0 Å². The zero-order chi connectivity index (χ0) is 19.7. The minimum atomic E-state index is -0.431. The van der Waals surface area contributed by atoms with Crippen molar-refractivity contribution >= 4 is 23.6 Å². The number of aromatic nitrogens is 3. The Labute approximate surface area is 163 Å². The van der Waals surface area contributed by atoms with Crippen LogP contribution < -0.4 is 0 Å². The maximum atomic E-state index is 12.7. The minimum absolute atomic E-state index is 0.0394. The van der Waals surface area contributed by atoms with E-state index in [-0.39, 0.29) is 5.57 Å². The summed E-state index contributed by atoms with van der Waals surface area (Å²) in [7, 11) is 0. The Morgan fingerprint density at radius 3 is 2.33 bits per heavy atom. The summed E-state index contributed by atoms with van der Waals surface area (Å²) in [6.07, 6.45) is 1.62. The van der Waals surface area contributed by atoms with Gasteiger partial charge in [-0.3, -0.25) is 4.79 Å². The van der Waals surface area contributed by atoms with Gasteiger partial charge in [0.15, 0.2) is 0 Å². The lowest BCUT2D eigenvalue weighted by Gasteiger charge is -2.09. The molecule has 3 rings (SSSR count). The molecule has 0 radical (unpaired) electrons. The number of halogens is 1. The van der Waals surface area contributed by atoms with E-state index in [1.165, 1.54) is 4.68 Å². The molecule has 0 aliphatic heterocycles. The largest absolute Gasteiger partial charge is 0.318 e. The predicted octanol–water partition coefficient (Wildman–Crippen LogP) is 4.81. The Balaban J connectivity index is 2.04. The maximum absolute atomic E-state index is 12.7. The van der Waals surface area contributed by atoms with Crippen molar-refractivity contribution in [3.8, 4) is 11.8 Å². The van der Waals surface area contributed by atoms with Crippen molar-refractivity contribution in [2.45, 2.75) is 27.7 Å². The number of nitrogens with zero attached hydrogens (tertiary/aromatic N) is 4. The van der Waals surface area contributed by atoms with Gasteiger partial charge in [0.05, 0.1) is 5.69 Å². The quantitative estimate of drug-likeness (QED) is 0.485. The first-order valence-corrected chi connectivity index (χ1v) is 8.84. The van der Waals surface area contributed by atoms with Gasteiger partial charge in [-0.1, -0.05) is 11.6 Å². The smallest absolute Gasteiger partial charge is 0.289 e. The molecule has 2 heterocycles. The number of hydrogen-bond acceptors (Lipinski definition) is 3. The Hall–Kier alpha value is -3.10. The van der Waals surface area contributed by atoms with E-state index in [1.54, 1.807) is 19.1 Å². The fraction of sp³-hybridized carbons (Fsp3) is 0.190. The molecule has 5 nitrogen and oxygen atoms in total. The first-order chi connectivity index (χ1) is 12.8. The van der Waals surface area contributed by atoms with E-state index in [0.29, 0.717) is 10.7 Å². The Bertz CT molecular complexity index is 1090. The van der Waals surface area contributed by atoms with E-state index < -0.39 is 5.91 Å². The third kappa shape index (κ3) is 3.57. The van der Waals surface area contributed by atoms with Gasteiger partial charge in [-0.25, -0.2) is 4.68 Å². The molecule has 1 aromatic carbocycles. The molecule has 0 amide bonds. The molecule has 0 aliphatic rings. The van der Waals surface area contributed by atoms with Crippen LogP contribution in [0.25, 0.3) is 11.8 Å². The van der Waals surface area contributed by atoms with E-state index in [4.69, 9.17) is 11.6 Å². The van der Waals surface area contributed by atoms with Gasteiger partial charge in [0.25, 0.3) is 5.91 Å². The number of rotatable bonds is 3. The van der Waals surface area contributed by atoms with Crippen molar-refractivity contribution in [1.82, 2.24) is 14.3 Å². The number of nitriles is 1. The van der Waals surface area contributed by atoms with Crippen LogP contribution in [0.4, 0.5) is 0 Å². The number of allylic oxidation sites excluding steroid dienone is 1. The second kappa shape index (κ2) is 7.26. The molecule has 0 aliphatic carbocycles. The van der Waals surface area contributed by atoms with Gasteiger partial charge >= 0.3 is 0 Å². The van der Waals surface area contributed by atoms with E-state index in [9.17, 15) is 10.1 Å². The average molecular weight is 379 g/mol. The minimum Gasteiger partial charge on any atom is -0.318 e. The third-order valence-electron chi connectivity index (χ3n) is 4.41. The molecule has 0 saturated heterocycles. The van der Waals surface area contributed by atoms with E-state index in [1.807, 2.05) is 57.2 Å². The number of aryl methyl sites for hydroxylation is 3. The number of carbonyl (C=O) groups excluding carboxylic acids is 1. The third-order valence-corrected chi connectivity index (χ3v) is 4.66. The zero-order valence-corrected chi connectivity index (χ0v) is 16.4. The van der Waals surface area contributed by atoms with Gasteiger partial charge in [-0.05, 0) is 75.7 Å². The number of hydrogen-bond donors (Lipinski definition) is 0. The van der Waals surface area contributed by atoms with Crippen LogP contribution in [0.3, 0.4) is 0 Å². The van der Waals surface area contributed by atoms with Crippen molar-refractivity contribution in [3.63, 3.8) is 0 Å². The highest BCUT2D eigenvalue weighted by molar-refractivity contribution is 6.30. The Kier molecular flexibility index (Phi) is 5.02. The highest BCUT2D eigenvalue weighted by Gasteiger charge is 2.17. The molecular weight excluding hydrogens is 360 g/mol. The Morgan fingerprint density at radius 1 is 1.11 bits per heavy atom. The molecule has 27 heavy (non-hydrogen) atoms. The highest BCUT2D eigenvalue weighted by Crippen LogP contribution is 2.24. The summed E-state index contributed by atoms with van der Waals surface area (Å²) in [4.78, 5) is 12.7. The normalized spacial score (nSPS) is 11.5. The van der Waals surface area contributed by atoms with Gasteiger partial charge in [-0.2, -0.15) is 10.4 Å². The van der Waals surface area contributed by atoms with Crippen LogP contribution in [0.2, 0.25) is 5.02 Å². The number of carbonyl (C=O) groups is 1. The van der Waals surface area contributed by atoms with E-state index in [2.05, 4.69) is 9.67 Å². The predicted molar refractivity (Wildman–Crippen MR) is 106 cm³/mol. The molecule has 2 aromatic heterocycles. The summed E-state index contributed by atoms with van der Waals surface area (Å²) in [5.74, 6) is -0.431. The molecule has 0 saturated carbocycles. The molecule has 136 valence electrons. The molecule has 0 bridgehead atoms. The molecular formula is C21H19ClN4O. The number of benzene rings is 1. The SMILES string of the molecule is Cc1cc(C)n(C(=O)/C(C#N)=C/c2cc(C)n(-c3ccc(Cl)cc3)c2C)n1. The van der Waals surface area contributed by atoms with Gasteiger partial charge in [-0.15, -0.1) is 0 Å². The summed E-state index contributed by atoms with van der Waals surface area (Å²) in [6, 6.07) is 13.3. The topological polar surface area (TPSA) is 63.6 Å². The van der Waals surface area contributed by atoms with Crippen molar-refractivity contribution in [3.05, 3.63) is 75.3 Å². The van der Waals surface area contributed by atoms with Crippen LogP contribution in [0.1, 0.15) is 33.1 Å². The van der Waals surface area contributed by atoms with Crippen molar-refractivity contribution < 1.29 is 4.79 Å². The summed E-state index contributed by atoms with van der Waals surface area (Å²) in [6.45, 7) is 7.54.